The third-order valence-corrected chi connectivity index (χ3v) is 4.23. The molecule has 5 heteroatoms. The number of amides is 1. The molecule has 1 heterocycles. The van der Waals surface area contributed by atoms with Gasteiger partial charge in [0, 0.05) is 24.5 Å². The first-order chi connectivity index (χ1) is 11.7. The molecular formula is C19H20ClN3O. The summed E-state index contributed by atoms with van der Waals surface area (Å²) in [4.78, 5) is 16.3. The molecule has 0 spiro atoms. The van der Waals surface area contributed by atoms with Crippen LogP contribution in [0.5, 0.6) is 0 Å². The Morgan fingerprint density at radius 3 is 2.75 bits per heavy atom. The van der Waals surface area contributed by atoms with E-state index in [0.29, 0.717) is 13.0 Å². The lowest BCUT2D eigenvalue weighted by Gasteiger charge is -2.07. The molecular weight excluding hydrogens is 322 g/mol. The smallest absolute Gasteiger partial charge is 0.220 e. The summed E-state index contributed by atoms with van der Waals surface area (Å²) in [5.41, 5.74) is 3.26. The van der Waals surface area contributed by atoms with Gasteiger partial charge in [-0.2, -0.15) is 0 Å². The van der Waals surface area contributed by atoms with Crippen LogP contribution in [-0.4, -0.2) is 22.0 Å². The molecule has 4 nitrogen and oxygen atoms in total. The molecule has 0 bridgehead atoms. The third-order valence-electron chi connectivity index (χ3n) is 3.98. The number of fused-ring (bicyclic) bond motifs is 1. The molecule has 124 valence electrons. The Morgan fingerprint density at radius 1 is 1.12 bits per heavy atom. The number of halogens is 1. The Balaban J connectivity index is 1.38. The Morgan fingerprint density at radius 2 is 1.92 bits per heavy atom. The van der Waals surface area contributed by atoms with Gasteiger partial charge in [-0.1, -0.05) is 35.9 Å². The second-order valence-electron chi connectivity index (χ2n) is 5.76. The van der Waals surface area contributed by atoms with Crippen molar-refractivity contribution >= 4 is 28.5 Å². The maximum absolute atomic E-state index is 11.9. The molecule has 1 amide bonds. The van der Waals surface area contributed by atoms with Crippen molar-refractivity contribution in [3.8, 4) is 0 Å². The molecule has 3 rings (SSSR count). The molecule has 3 aromatic rings. The second-order valence-corrected chi connectivity index (χ2v) is 6.19. The summed E-state index contributed by atoms with van der Waals surface area (Å²) < 4.78 is 2.12. The van der Waals surface area contributed by atoms with Crippen molar-refractivity contribution in [1.29, 1.82) is 0 Å². The van der Waals surface area contributed by atoms with Crippen molar-refractivity contribution in [2.45, 2.75) is 25.8 Å². The van der Waals surface area contributed by atoms with Gasteiger partial charge in [-0.3, -0.25) is 4.79 Å². The predicted molar refractivity (Wildman–Crippen MR) is 97.1 cm³/mol. The van der Waals surface area contributed by atoms with Crippen LogP contribution in [0.25, 0.3) is 11.0 Å². The van der Waals surface area contributed by atoms with E-state index in [2.05, 4.69) is 20.9 Å². The first-order valence-electron chi connectivity index (χ1n) is 8.13. The molecule has 0 aliphatic heterocycles. The van der Waals surface area contributed by atoms with Crippen molar-refractivity contribution < 1.29 is 4.79 Å². The van der Waals surface area contributed by atoms with Crippen LogP contribution in [0, 0.1) is 0 Å². The fourth-order valence-electron chi connectivity index (χ4n) is 2.66. The number of hydrogen-bond acceptors (Lipinski definition) is 2. The highest BCUT2D eigenvalue weighted by Crippen LogP contribution is 2.12. The van der Waals surface area contributed by atoms with Gasteiger partial charge in [-0.25, -0.2) is 4.98 Å². The van der Waals surface area contributed by atoms with Crippen LogP contribution in [0.3, 0.4) is 0 Å². The number of benzene rings is 2. The lowest BCUT2D eigenvalue weighted by molar-refractivity contribution is -0.121. The number of rotatable bonds is 7. The SMILES string of the molecule is O=C(CCc1ccc(Cl)cc1)NCCCn1cnc2ccccc21. The Bertz CT molecular complexity index is 811. The highest BCUT2D eigenvalue weighted by molar-refractivity contribution is 6.30. The number of carbonyl (C=O) groups is 1. The van der Waals surface area contributed by atoms with Gasteiger partial charge < -0.3 is 9.88 Å². The van der Waals surface area contributed by atoms with Crippen molar-refractivity contribution in [3.63, 3.8) is 0 Å². The molecule has 0 aliphatic rings. The van der Waals surface area contributed by atoms with Crippen molar-refractivity contribution in [3.05, 3.63) is 65.4 Å². The van der Waals surface area contributed by atoms with Crippen molar-refractivity contribution in [1.82, 2.24) is 14.9 Å². The van der Waals surface area contributed by atoms with E-state index in [1.54, 1.807) is 0 Å². The molecule has 1 aromatic heterocycles. The van der Waals surface area contributed by atoms with Crippen LogP contribution in [-0.2, 0) is 17.8 Å². The minimum Gasteiger partial charge on any atom is -0.356 e. The minimum atomic E-state index is 0.0837. The maximum atomic E-state index is 11.9. The van der Waals surface area contributed by atoms with E-state index in [0.717, 1.165) is 41.0 Å². The number of para-hydroxylation sites is 2. The Labute approximate surface area is 146 Å². The molecule has 0 aliphatic carbocycles. The number of nitrogens with one attached hydrogen (secondary N) is 1. The van der Waals surface area contributed by atoms with E-state index in [9.17, 15) is 4.79 Å². The van der Waals surface area contributed by atoms with E-state index in [4.69, 9.17) is 11.6 Å². The van der Waals surface area contributed by atoms with Gasteiger partial charge in [0.25, 0.3) is 0 Å². The van der Waals surface area contributed by atoms with Gasteiger partial charge in [-0.05, 0) is 42.7 Å². The van der Waals surface area contributed by atoms with Gasteiger partial charge in [-0.15, -0.1) is 0 Å². The second kappa shape index (κ2) is 7.97. The number of imidazole rings is 1. The number of nitrogens with zero attached hydrogens (tertiary/aromatic N) is 2. The monoisotopic (exact) mass is 341 g/mol. The molecule has 0 unspecified atom stereocenters. The molecule has 2 aromatic carbocycles. The quantitative estimate of drug-likeness (QED) is 0.664. The molecule has 0 saturated carbocycles. The molecule has 0 radical (unpaired) electrons. The van der Waals surface area contributed by atoms with E-state index >= 15 is 0 Å². The van der Waals surface area contributed by atoms with Crippen LogP contribution in [0.15, 0.2) is 54.9 Å². The van der Waals surface area contributed by atoms with E-state index < -0.39 is 0 Å². The molecule has 0 fully saturated rings. The zero-order valence-corrected chi connectivity index (χ0v) is 14.2. The molecule has 24 heavy (non-hydrogen) atoms. The minimum absolute atomic E-state index is 0.0837. The summed E-state index contributed by atoms with van der Waals surface area (Å²) in [6.07, 6.45) is 3.96. The van der Waals surface area contributed by atoms with Crippen molar-refractivity contribution in [2.24, 2.45) is 0 Å². The summed E-state index contributed by atoms with van der Waals surface area (Å²) in [5, 5.41) is 3.69. The van der Waals surface area contributed by atoms with Crippen LogP contribution in [0.1, 0.15) is 18.4 Å². The van der Waals surface area contributed by atoms with Crippen molar-refractivity contribution in [2.75, 3.05) is 6.54 Å². The largest absolute Gasteiger partial charge is 0.356 e. The first-order valence-corrected chi connectivity index (χ1v) is 8.51. The lowest BCUT2D eigenvalue weighted by Crippen LogP contribution is -2.25. The topological polar surface area (TPSA) is 46.9 Å². The Kier molecular flexibility index (Phi) is 5.49. The van der Waals surface area contributed by atoms with Gasteiger partial charge >= 0.3 is 0 Å². The fourth-order valence-corrected chi connectivity index (χ4v) is 2.79. The average molecular weight is 342 g/mol. The number of carbonyl (C=O) groups excluding carboxylic acids is 1. The summed E-state index contributed by atoms with van der Waals surface area (Å²) >= 11 is 5.85. The van der Waals surface area contributed by atoms with Crippen LogP contribution < -0.4 is 5.32 Å². The molecule has 0 atom stereocenters. The lowest BCUT2D eigenvalue weighted by atomic mass is 10.1. The highest BCUT2D eigenvalue weighted by atomic mass is 35.5. The maximum Gasteiger partial charge on any atom is 0.220 e. The molecule has 1 N–H and O–H groups in total. The normalized spacial score (nSPS) is 10.9. The van der Waals surface area contributed by atoms with Crippen LogP contribution in [0.4, 0.5) is 0 Å². The standard InChI is InChI=1S/C19H20ClN3O/c20-16-9-6-15(7-10-16)8-11-19(24)21-12-3-13-23-14-22-17-4-1-2-5-18(17)23/h1-2,4-7,9-10,14H,3,8,11-13H2,(H,21,24). The van der Waals surface area contributed by atoms with Gasteiger partial charge in [0.2, 0.25) is 5.91 Å². The molecule has 0 saturated heterocycles. The van der Waals surface area contributed by atoms with Gasteiger partial charge in [0.15, 0.2) is 0 Å². The van der Waals surface area contributed by atoms with E-state index in [1.165, 1.54) is 0 Å². The first kappa shape index (κ1) is 16.5. The summed E-state index contributed by atoms with van der Waals surface area (Å²) in [6, 6.07) is 15.7. The van der Waals surface area contributed by atoms with Gasteiger partial charge in [0.05, 0.1) is 17.4 Å². The predicted octanol–water partition coefficient (Wildman–Crippen LogP) is 3.83. The van der Waals surface area contributed by atoms with Gasteiger partial charge in [0.1, 0.15) is 0 Å². The summed E-state index contributed by atoms with van der Waals surface area (Å²) in [5.74, 6) is 0.0837. The Hall–Kier alpha value is -2.33. The highest BCUT2D eigenvalue weighted by Gasteiger charge is 2.03. The van der Waals surface area contributed by atoms with Crippen LogP contribution in [0.2, 0.25) is 5.02 Å². The average Bonchev–Trinajstić information content (AvgIpc) is 3.01. The summed E-state index contributed by atoms with van der Waals surface area (Å²) in [7, 11) is 0. The zero-order valence-electron chi connectivity index (χ0n) is 13.4. The third kappa shape index (κ3) is 4.36. The number of aromatic nitrogens is 2. The zero-order chi connectivity index (χ0) is 16.8. The number of hydrogen-bond donors (Lipinski definition) is 1. The van der Waals surface area contributed by atoms with Crippen LogP contribution >= 0.6 is 11.6 Å². The fraction of sp³-hybridized carbons (Fsp3) is 0.263. The number of aryl methyl sites for hydroxylation is 2. The summed E-state index contributed by atoms with van der Waals surface area (Å²) in [6.45, 7) is 1.52. The van der Waals surface area contributed by atoms with E-state index in [-0.39, 0.29) is 5.91 Å². The van der Waals surface area contributed by atoms with E-state index in [1.807, 2.05) is 48.8 Å².